The standard InChI is InChI=1S/C15H18O5/c1-4-19-14(17)12-9-13(16)20-15(12,2)10-5-7-11(18-3)8-6-10/h5-8,12H,4,9H2,1-3H3/t12-,15+/m1/s1. The highest BCUT2D eigenvalue weighted by atomic mass is 16.6. The Morgan fingerprint density at radius 3 is 2.60 bits per heavy atom. The quantitative estimate of drug-likeness (QED) is 0.789. The molecule has 108 valence electrons. The molecule has 1 aromatic carbocycles. The molecular weight excluding hydrogens is 260 g/mol. The lowest BCUT2D eigenvalue weighted by Gasteiger charge is -2.28. The highest BCUT2D eigenvalue weighted by Gasteiger charge is 2.51. The third-order valence-corrected chi connectivity index (χ3v) is 3.60. The second kappa shape index (κ2) is 5.53. The Hall–Kier alpha value is -2.04. The normalized spacial score (nSPS) is 25.1. The van der Waals surface area contributed by atoms with Crippen molar-refractivity contribution in [2.75, 3.05) is 13.7 Å². The number of benzene rings is 1. The van der Waals surface area contributed by atoms with Crippen molar-refractivity contribution in [3.63, 3.8) is 0 Å². The molecule has 1 saturated heterocycles. The van der Waals surface area contributed by atoms with Crippen molar-refractivity contribution < 1.29 is 23.8 Å². The first-order chi connectivity index (χ1) is 9.51. The number of carbonyl (C=O) groups excluding carboxylic acids is 2. The van der Waals surface area contributed by atoms with Crippen LogP contribution in [0.5, 0.6) is 5.75 Å². The zero-order valence-corrected chi connectivity index (χ0v) is 11.8. The van der Waals surface area contributed by atoms with Crippen molar-refractivity contribution in [2.45, 2.75) is 25.9 Å². The van der Waals surface area contributed by atoms with E-state index < -0.39 is 17.5 Å². The zero-order chi connectivity index (χ0) is 14.8. The van der Waals surface area contributed by atoms with Gasteiger partial charge in [-0.25, -0.2) is 0 Å². The Kier molecular flexibility index (Phi) is 3.97. The van der Waals surface area contributed by atoms with Gasteiger partial charge in [-0.2, -0.15) is 0 Å². The molecule has 1 heterocycles. The number of hydrogen-bond acceptors (Lipinski definition) is 5. The number of hydrogen-bond donors (Lipinski definition) is 0. The molecule has 5 nitrogen and oxygen atoms in total. The van der Waals surface area contributed by atoms with Gasteiger partial charge in [-0.1, -0.05) is 12.1 Å². The van der Waals surface area contributed by atoms with Gasteiger partial charge in [-0.3, -0.25) is 9.59 Å². The summed E-state index contributed by atoms with van der Waals surface area (Å²) in [6.07, 6.45) is 0.0430. The second-order valence-corrected chi connectivity index (χ2v) is 4.82. The van der Waals surface area contributed by atoms with Gasteiger partial charge in [-0.15, -0.1) is 0 Å². The molecule has 1 aliphatic rings. The maximum atomic E-state index is 12.0. The Balaban J connectivity index is 2.33. The second-order valence-electron chi connectivity index (χ2n) is 4.82. The molecule has 5 heteroatoms. The number of carbonyl (C=O) groups is 2. The summed E-state index contributed by atoms with van der Waals surface area (Å²) >= 11 is 0. The minimum absolute atomic E-state index is 0.0430. The molecule has 0 unspecified atom stereocenters. The van der Waals surface area contributed by atoms with Crippen molar-refractivity contribution >= 4 is 11.9 Å². The van der Waals surface area contributed by atoms with Crippen LogP contribution in [0.1, 0.15) is 25.8 Å². The first kappa shape index (κ1) is 14.4. The highest BCUT2D eigenvalue weighted by Crippen LogP contribution is 2.42. The van der Waals surface area contributed by atoms with E-state index in [4.69, 9.17) is 14.2 Å². The van der Waals surface area contributed by atoms with Crippen molar-refractivity contribution in [1.82, 2.24) is 0 Å². The molecule has 0 radical (unpaired) electrons. The van der Waals surface area contributed by atoms with Gasteiger partial charge in [0.25, 0.3) is 0 Å². The van der Waals surface area contributed by atoms with E-state index in [1.165, 1.54) is 0 Å². The van der Waals surface area contributed by atoms with E-state index in [9.17, 15) is 9.59 Å². The number of methoxy groups -OCH3 is 1. The number of rotatable bonds is 4. The van der Waals surface area contributed by atoms with Crippen LogP contribution >= 0.6 is 0 Å². The number of cyclic esters (lactones) is 1. The molecule has 2 atom stereocenters. The van der Waals surface area contributed by atoms with E-state index >= 15 is 0 Å². The first-order valence-corrected chi connectivity index (χ1v) is 6.54. The van der Waals surface area contributed by atoms with E-state index in [2.05, 4.69) is 0 Å². The van der Waals surface area contributed by atoms with Crippen molar-refractivity contribution in [3.8, 4) is 5.75 Å². The van der Waals surface area contributed by atoms with Gasteiger partial charge in [0.2, 0.25) is 0 Å². The lowest BCUT2D eigenvalue weighted by atomic mass is 9.83. The summed E-state index contributed by atoms with van der Waals surface area (Å²) in [6, 6.07) is 7.14. The van der Waals surface area contributed by atoms with E-state index in [0.717, 1.165) is 5.56 Å². The Labute approximate surface area is 117 Å². The Morgan fingerprint density at radius 1 is 1.40 bits per heavy atom. The van der Waals surface area contributed by atoms with Crippen LogP contribution in [0, 0.1) is 5.92 Å². The van der Waals surface area contributed by atoms with Crippen LogP contribution in [0.25, 0.3) is 0 Å². The van der Waals surface area contributed by atoms with E-state index in [-0.39, 0.29) is 19.0 Å². The minimum atomic E-state index is -0.990. The summed E-state index contributed by atoms with van der Waals surface area (Å²) in [5.74, 6) is -0.712. The van der Waals surface area contributed by atoms with Gasteiger partial charge in [0.05, 0.1) is 20.1 Å². The predicted octanol–water partition coefficient (Wildman–Crippen LogP) is 2.04. The minimum Gasteiger partial charge on any atom is -0.497 e. The summed E-state index contributed by atoms with van der Waals surface area (Å²) in [4.78, 5) is 23.6. The van der Waals surface area contributed by atoms with Crippen LogP contribution < -0.4 is 4.74 Å². The van der Waals surface area contributed by atoms with E-state index in [0.29, 0.717) is 5.75 Å². The van der Waals surface area contributed by atoms with Crippen LogP contribution in [0.4, 0.5) is 0 Å². The average molecular weight is 278 g/mol. The van der Waals surface area contributed by atoms with Gasteiger partial charge in [0, 0.05) is 0 Å². The summed E-state index contributed by atoms with van der Waals surface area (Å²) in [6.45, 7) is 3.75. The topological polar surface area (TPSA) is 61.8 Å². The zero-order valence-electron chi connectivity index (χ0n) is 11.8. The fraction of sp³-hybridized carbons (Fsp3) is 0.467. The van der Waals surface area contributed by atoms with Gasteiger partial charge >= 0.3 is 11.9 Å². The highest BCUT2D eigenvalue weighted by molar-refractivity contribution is 5.85. The predicted molar refractivity (Wildman–Crippen MR) is 71.2 cm³/mol. The number of esters is 2. The summed E-state index contributed by atoms with van der Waals surface area (Å²) in [5.41, 5.74) is -0.238. The van der Waals surface area contributed by atoms with Gasteiger partial charge in [0.1, 0.15) is 17.3 Å². The molecule has 0 spiro atoms. The molecule has 0 saturated carbocycles. The Morgan fingerprint density at radius 2 is 2.05 bits per heavy atom. The third kappa shape index (κ3) is 2.48. The lowest BCUT2D eigenvalue weighted by molar-refractivity contribution is -0.157. The molecule has 1 aromatic rings. The first-order valence-electron chi connectivity index (χ1n) is 6.54. The molecule has 0 amide bonds. The molecular formula is C15H18O5. The molecule has 0 N–H and O–H groups in total. The smallest absolute Gasteiger partial charge is 0.313 e. The molecule has 1 aliphatic heterocycles. The van der Waals surface area contributed by atoms with E-state index in [1.807, 2.05) is 0 Å². The molecule has 0 aliphatic carbocycles. The maximum absolute atomic E-state index is 12.0. The molecule has 2 rings (SSSR count). The van der Waals surface area contributed by atoms with Crippen molar-refractivity contribution in [1.29, 1.82) is 0 Å². The summed E-state index contributed by atoms with van der Waals surface area (Å²) in [7, 11) is 1.58. The average Bonchev–Trinajstić information content (AvgIpc) is 2.75. The maximum Gasteiger partial charge on any atom is 0.313 e. The monoisotopic (exact) mass is 278 g/mol. The van der Waals surface area contributed by atoms with E-state index in [1.54, 1.807) is 45.2 Å². The molecule has 1 fully saturated rings. The SMILES string of the molecule is CCOC(=O)[C@H]1CC(=O)O[C@@]1(C)c1ccc(OC)cc1. The molecule has 0 aromatic heterocycles. The van der Waals surface area contributed by atoms with Gasteiger partial charge in [-0.05, 0) is 31.5 Å². The lowest BCUT2D eigenvalue weighted by Crippen LogP contribution is -2.35. The molecule has 20 heavy (non-hydrogen) atoms. The van der Waals surface area contributed by atoms with Crippen molar-refractivity contribution in [2.24, 2.45) is 5.92 Å². The summed E-state index contributed by atoms with van der Waals surface area (Å²) in [5, 5.41) is 0. The summed E-state index contributed by atoms with van der Waals surface area (Å²) < 4.78 is 15.5. The van der Waals surface area contributed by atoms with Gasteiger partial charge in [0.15, 0.2) is 0 Å². The van der Waals surface area contributed by atoms with Crippen LogP contribution in [-0.2, 0) is 24.7 Å². The van der Waals surface area contributed by atoms with Crippen molar-refractivity contribution in [3.05, 3.63) is 29.8 Å². The van der Waals surface area contributed by atoms with Gasteiger partial charge < -0.3 is 14.2 Å². The van der Waals surface area contributed by atoms with Crippen LogP contribution in [-0.4, -0.2) is 25.7 Å². The van der Waals surface area contributed by atoms with Crippen LogP contribution in [0.3, 0.4) is 0 Å². The fourth-order valence-corrected chi connectivity index (χ4v) is 2.44. The molecule has 0 bridgehead atoms. The van der Waals surface area contributed by atoms with Crippen LogP contribution in [0.2, 0.25) is 0 Å². The fourth-order valence-electron chi connectivity index (χ4n) is 2.44. The third-order valence-electron chi connectivity index (χ3n) is 3.60. The Bertz CT molecular complexity index is 508. The largest absolute Gasteiger partial charge is 0.497 e. The number of ether oxygens (including phenoxy) is 3. The van der Waals surface area contributed by atoms with Crippen LogP contribution in [0.15, 0.2) is 24.3 Å².